The molecule has 0 aromatic carbocycles. The van der Waals surface area contributed by atoms with Gasteiger partial charge < -0.3 is 9.47 Å². The van der Waals surface area contributed by atoms with Crippen LogP contribution in [0.2, 0.25) is 0 Å². The highest BCUT2D eigenvalue weighted by Gasteiger charge is 2.40. The molecule has 1 aliphatic carbocycles. The van der Waals surface area contributed by atoms with E-state index in [0.717, 1.165) is 11.1 Å². The first kappa shape index (κ1) is 14.7. The predicted molar refractivity (Wildman–Crippen MR) is 67.9 cm³/mol. The standard InChI is InChI=1S/C14H22O4/c1-6-17-13(16)11-7-8-12(18-10(3)15)14(4,5)9(11)2/h12H,6-8H2,1-5H3. The summed E-state index contributed by atoms with van der Waals surface area (Å²) in [7, 11) is 0. The maximum Gasteiger partial charge on any atom is 0.333 e. The minimum atomic E-state index is -0.327. The van der Waals surface area contributed by atoms with Crippen LogP contribution in [0.5, 0.6) is 0 Å². The molecule has 0 amide bonds. The van der Waals surface area contributed by atoms with Gasteiger partial charge in [0.25, 0.3) is 0 Å². The summed E-state index contributed by atoms with van der Waals surface area (Å²) in [6.45, 7) is 9.49. The zero-order chi connectivity index (χ0) is 13.9. The lowest BCUT2D eigenvalue weighted by atomic mass is 9.71. The second kappa shape index (κ2) is 5.55. The van der Waals surface area contributed by atoms with E-state index in [1.54, 1.807) is 6.92 Å². The van der Waals surface area contributed by atoms with Crippen molar-refractivity contribution in [3.8, 4) is 0 Å². The average Bonchev–Trinajstić information content (AvgIpc) is 2.25. The Hall–Kier alpha value is -1.32. The number of carbonyl (C=O) groups is 2. The number of ether oxygens (including phenoxy) is 2. The summed E-state index contributed by atoms with van der Waals surface area (Å²) < 4.78 is 10.4. The van der Waals surface area contributed by atoms with Crippen LogP contribution in [-0.4, -0.2) is 24.6 Å². The third kappa shape index (κ3) is 2.92. The van der Waals surface area contributed by atoms with E-state index >= 15 is 0 Å². The zero-order valence-electron chi connectivity index (χ0n) is 11.8. The van der Waals surface area contributed by atoms with Gasteiger partial charge in [-0.05, 0) is 26.7 Å². The average molecular weight is 254 g/mol. The Bertz CT molecular complexity index is 379. The highest BCUT2D eigenvalue weighted by Crippen LogP contribution is 2.42. The first-order chi connectivity index (χ1) is 8.30. The minimum absolute atomic E-state index is 0.173. The summed E-state index contributed by atoms with van der Waals surface area (Å²) >= 11 is 0. The highest BCUT2D eigenvalue weighted by molar-refractivity contribution is 5.89. The lowest BCUT2D eigenvalue weighted by molar-refractivity contribution is -0.152. The van der Waals surface area contributed by atoms with Gasteiger partial charge in [-0.2, -0.15) is 0 Å². The second-order valence-electron chi connectivity index (χ2n) is 5.18. The van der Waals surface area contributed by atoms with E-state index in [1.165, 1.54) is 6.92 Å². The van der Waals surface area contributed by atoms with E-state index < -0.39 is 0 Å². The fourth-order valence-electron chi connectivity index (χ4n) is 2.33. The largest absolute Gasteiger partial charge is 0.463 e. The van der Waals surface area contributed by atoms with E-state index in [4.69, 9.17) is 9.47 Å². The lowest BCUT2D eigenvalue weighted by Crippen LogP contribution is -2.39. The van der Waals surface area contributed by atoms with Crippen molar-refractivity contribution >= 4 is 11.9 Å². The van der Waals surface area contributed by atoms with Crippen LogP contribution in [0.1, 0.15) is 47.5 Å². The molecule has 0 aliphatic heterocycles. The summed E-state index contributed by atoms with van der Waals surface area (Å²) in [5, 5.41) is 0. The molecule has 0 radical (unpaired) electrons. The first-order valence-corrected chi connectivity index (χ1v) is 6.35. The molecule has 0 saturated heterocycles. The van der Waals surface area contributed by atoms with E-state index in [2.05, 4.69) is 0 Å². The van der Waals surface area contributed by atoms with Gasteiger partial charge in [-0.25, -0.2) is 4.79 Å². The van der Waals surface area contributed by atoms with E-state index in [9.17, 15) is 9.59 Å². The summed E-state index contributed by atoms with van der Waals surface area (Å²) in [5.74, 6) is -0.523. The summed E-state index contributed by atoms with van der Waals surface area (Å²) in [5.41, 5.74) is 1.36. The van der Waals surface area contributed by atoms with E-state index in [1.807, 2.05) is 20.8 Å². The van der Waals surface area contributed by atoms with Gasteiger partial charge in [0.1, 0.15) is 6.10 Å². The fourth-order valence-corrected chi connectivity index (χ4v) is 2.33. The SMILES string of the molecule is CCOC(=O)C1=C(C)C(C)(C)C(OC(C)=O)CC1. The van der Waals surface area contributed by atoms with Crippen molar-refractivity contribution in [3.63, 3.8) is 0 Å². The Morgan fingerprint density at radius 2 is 2.00 bits per heavy atom. The molecule has 4 heteroatoms. The van der Waals surface area contributed by atoms with Gasteiger partial charge in [0.15, 0.2) is 0 Å². The Morgan fingerprint density at radius 1 is 1.39 bits per heavy atom. The van der Waals surface area contributed by atoms with Gasteiger partial charge in [-0.15, -0.1) is 0 Å². The van der Waals surface area contributed by atoms with Crippen LogP contribution in [0.25, 0.3) is 0 Å². The molecule has 0 saturated carbocycles. The third-order valence-electron chi connectivity index (χ3n) is 3.71. The summed E-state index contributed by atoms with van der Waals surface area (Å²) in [4.78, 5) is 22.9. The normalized spacial score (nSPS) is 22.6. The first-order valence-electron chi connectivity index (χ1n) is 6.35. The van der Waals surface area contributed by atoms with Crippen molar-refractivity contribution in [1.82, 2.24) is 0 Å². The maximum absolute atomic E-state index is 11.8. The predicted octanol–water partition coefficient (Wildman–Crippen LogP) is 2.62. The summed E-state index contributed by atoms with van der Waals surface area (Å²) in [6.07, 6.45) is 1.09. The Labute approximate surface area is 108 Å². The van der Waals surface area contributed by atoms with Crippen molar-refractivity contribution in [1.29, 1.82) is 0 Å². The van der Waals surface area contributed by atoms with Gasteiger partial charge in [0.2, 0.25) is 0 Å². The minimum Gasteiger partial charge on any atom is -0.463 e. The quantitative estimate of drug-likeness (QED) is 0.726. The number of hydrogen-bond donors (Lipinski definition) is 0. The van der Waals surface area contributed by atoms with Crippen LogP contribution >= 0.6 is 0 Å². The number of carbonyl (C=O) groups excluding carboxylic acids is 2. The highest BCUT2D eigenvalue weighted by atomic mass is 16.5. The molecule has 1 unspecified atom stereocenters. The maximum atomic E-state index is 11.8. The smallest absolute Gasteiger partial charge is 0.333 e. The molecule has 1 aliphatic rings. The van der Waals surface area contributed by atoms with Crippen LogP contribution in [0, 0.1) is 5.41 Å². The van der Waals surface area contributed by atoms with Crippen molar-refractivity contribution in [3.05, 3.63) is 11.1 Å². The molecule has 0 bridgehead atoms. The number of esters is 2. The van der Waals surface area contributed by atoms with Gasteiger partial charge in [0.05, 0.1) is 6.61 Å². The second-order valence-corrected chi connectivity index (χ2v) is 5.18. The molecule has 0 spiro atoms. The molecule has 1 atom stereocenters. The molecular formula is C14H22O4. The monoisotopic (exact) mass is 254 g/mol. The van der Waals surface area contributed by atoms with E-state index in [-0.39, 0.29) is 23.5 Å². The van der Waals surface area contributed by atoms with Gasteiger partial charge in [-0.1, -0.05) is 19.4 Å². The van der Waals surface area contributed by atoms with Crippen LogP contribution < -0.4 is 0 Å². The van der Waals surface area contributed by atoms with Crippen LogP contribution in [0.3, 0.4) is 0 Å². The zero-order valence-corrected chi connectivity index (χ0v) is 11.8. The van der Waals surface area contributed by atoms with Crippen LogP contribution in [0.4, 0.5) is 0 Å². The Morgan fingerprint density at radius 3 is 2.50 bits per heavy atom. The molecular weight excluding hydrogens is 232 g/mol. The van der Waals surface area contributed by atoms with Gasteiger partial charge >= 0.3 is 11.9 Å². The summed E-state index contributed by atoms with van der Waals surface area (Å²) in [6, 6.07) is 0. The molecule has 18 heavy (non-hydrogen) atoms. The molecule has 0 aromatic heterocycles. The molecule has 0 N–H and O–H groups in total. The Kier molecular flexibility index (Phi) is 4.54. The third-order valence-corrected chi connectivity index (χ3v) is 3.71. The van der Waals surface area contributed by atoms with Crippen LogP contribution in [0.15, 0.2) is 11.1 Å². The van der Waals surface area contributed by atoms with Crippen molar-refractivity contribution in [2.24, 2.45) is 5.41 Å². The van der Waals surface area contributed by atoms with Crippen molar-refractivity contribution < 1.29 is 19.1 Å². The molecule has 4 nitrogen and oxygen atoms in total. The molecule has 102 valence electrons. The Balaban J connectivity index is 2.98. The molecule has 0 aromatic rings. The van der Waals surface area contributed by atoms with Gasteiger partial charge in [0, 0.05) is 17.9 Å². The fraction of sp³-hybridized carbons (Fsp3) is 0.714. The molecule has 0 fully saturated rings. The number of hydrogen-bond acceptors (Lipinski definition) is 4. The molecule has 1 rings (SSSR count). The molecule has 0 heterocycles. The van der Waals surface area contributed by atoms with E-state index in [0.29, 0.717) is 19.4 Å². The van der Waals surface area contributed by atoms with Gasteiger partial charge in [-0.3, -0.25) is 4.79 Å². The van der Waals surface area contributed by atoms with Crippen molar-refractivity contribution in [2.75, 3.05) is 6.61 Å². The number of rotatable bonds is 3. The lowest BCUT2D eigenvalue weighted by Gasteiger charge is -2.39. The topological polar surface area (TPSA) is 52.6 Å². The van der Waals surface area contributed by atoms with Crippen LogP contribution in [-0.2, 0) is 19.1 Å². The van der Waals surface area contributed by atoms with Crippen molar-refractivity contribution in [2.45, 2.75) is 53.6 Å².